The first-order valence-corrected chi connectivity index (χ1v) is 15.5. The average molecular weight is 634 g/mol. The minimum absolute atomic E-state index is 0.0213. The van der Waals surface area contributed by atoms with Gasteiger partial charge < -0.3 is 42.0 Å². The van der Waals surface area contributed by atoms with E-state index in [0.29, 0.717) is 0 Å². The summed E-state index contributed by atoms with van der Waals surface area (Å²) in [5.41, 5.74) is 5.17. The minimum atomic E-state index is -2.00. The summed E-state index contributed by atoms with van der Waals surface area (Å²) in [6, 6.07) is -3.70. The number of rotatable bonds is 14. The van der Waals surface area contributed by atoms with Crippen LogP contribution in [-0.4, -0.2) is 88.7 Å². The molecule has 0 radical (unpaired) electrons. The number of aliphatic hydroxyl groups excluding tert-OH is 2. The Morgan fingerprint density at radius 3 is 2.24 bits per heavy atom. The molecule has 2 aliphatic rings. The molecule has 0 spiro atoms. The first-order valence-electron chi connectivity index (χ1n) is 15.5. The molecule has 2 heterocycles. The molecule has 6 atom stereocenters. The van der Waals surface area contributed by atoms with Crippen molar-refractivity contribution in [1.29, 1.82) is 0 Å². The number of primary amides is 1. The third-order valence-corrected chi connectivity index (χ3v) is 7.41. The first-order chi connectivity index (χ1) is 21.5. The molecule has 2 fully saturated rings. The summed E-state index contributed by atoms with van der Waals surface area (Å²) in [7, 11) is 0. The highest BCUT2D eigenvalue weighted by Gasteiger charge is 2.45. The van der Waals surface area contributed by atoms with Crippen molar-refractivity contribution in [3.8, 4) is 0 Å². The molecule has 0 bridgehead atoms. The van der Waals surface area contributed by atoms with Crippen LogP contribution in [0.15, 0.2) is 36.5 Å². The predicted molar refractivity (Wildman–Crippen MR) is 164 cm³/mol. The smallest absolute Gasteiger partial charge is 0.308 e. The Morgan fingerprint density at radius 1 is 0.867 bits per heavy atom. The highest BCUT2D eigenvalue weighted by atomic mass is 16.6. The van der Waals surface area contributed by atoms with E-state index in [1.807, 2.05) is 12.2 Å². The quantitative estimate of drug-likeness (QED) is 0.0755. The molecule has 250 valence electrons. The highest BCUT2D eigenvalue weighted by molar-refractivity contribution is 5.93. The maximum atomic E-state index is 13.0. The van der Waals surface area contributed by atoms with E-state index in [1.54, 1.807) is 18.2 Å². The number of carbonyl (C=O) groups is 6. The van der Waals surface area contributed by atoms with Crippen LogP contribution in [0.3, 0.4) is 0 Å². The van der Waals surface area contributed by atoms with Crippen molar-refractivity contribution in [2.24, 2.45) is 5.73 Å². The van der Waals surface area contributed by atoms with Crippen LogP contribution < -0.4 is 27.0 Å². The summed E-state index contributed by atoms with van der Waals surface area (Å²) in [4.78, 5) is 74.5. The molecule has 14 nitrogen and oxygen atoms in total. The number of allylic oxidation sites excluding steroid dienone is 5. The topological polar surface area (TPSA) is 226 Å². The van der Waals surface area contributed by atoms with E-state index in [4.69, 9.17) is 10.5 Å². The summed E-state index contributed by atoms with van der Waals surface area (Å²) < 4.78 is 5.06. The number of nitrogens with one attached hydrogen (secondary N) is 4. The average Bonchev–Trinajstić information content (AvgIpc) is 3.37. The Hall–Kier alpha value is -4.04. The molecule has 45 heavy (non-hydrogen) atoms. The van der Waals surface area contributed by atoms with Crippen molar-refractivity contribution >= 4 is 35.5 Å². The van der Waals surface area contributed by atoms with E-state index in [2.05, 4.69) is 34.3 Å². The van der Waals surface area contributed by atoms with Crippen LogP contribution in [0.4, 0.5) is 0 Å². The Balaban J connectivity index is 2.11. The molecule has 0 saturated carbocycles. The number of nitrogens with two attached hydrogens (primary N) is 1. The zero-order chi connectivity index (χ0) is 33.2. The number of fused-ring (bicyclic) bond motifs is 1. The number of hydrogen-bond donors (Lipinski definition) is 7. The normalized spacial score (nSPS) is 27.0. The lowest BCUT2D eigenvalue weighted by atomic mass is 10.0. The lowest BCUT2D eigenvalue weighted by Gasteiger charge is -2.26. The van der Waals surface area contributed by atoms with Gasteiger partial charge in [-0.05, 0) is 25.7 Å². The number of carbonyl (C=O) groups excluding carboxylic acids is 6. The fourth-order valence-electron chi connectivity index (χ4n) is 4.87. The monoisotopic (exact) mass is 633 g/mol. The summed E-state index contributed by atoms with van der Waals surface area (Å²) >= 11 is 0. The molecule has 0 aromatic heterocycles. The van der Waals surface area contributed by atoms with Crippen LogP contribution in [0, 0.1) is 0 Å². The van der Waals surface area contributed by atoms with Gasteiger partial charge in [0.15, 0.2) is 18.3 Å². The maximum absolute atomic E-state index is 13.0. The summed E-state index contributed by atoms with van der Waals surface area (Å²) in [5.74, 6) is -5.23. The Kier molecular flexibility index (Phi) is 16.6. The zero-order valence-corrected chi connectivity index (χ0v) is 25.7. The van der Waals surface area contributed by atoms with Crippen LogP contribution in [0.25, 0.3) is 0 Å². The van der Waals surface area contributed by atoms with Crippen LogP contribution in [0.2, 0.25) is 0 Å². The lowest BCUT2D eigenvalue weighted by Crippen LogP contribution is -2.57. The molecular weight excluding hydrogens is 586 g/mol. The molecule has 0 aliphatic carbocycles. The maximum Gasteiger partial charge on any atom is 0.308 e. The van der Waals surface area contributed by atoms with Gasteiger partial charge in [0.25, 0.3) is 11.8 Å². The van der Waals surface area contributed by atoms with Gasteiger partial charge in [-0.1, -0.05) is 75.5 Å². The van der Waals surface area contributed by atoms with Gasteiger partial charge in [0.1, 0.15) is 6.04 Å². The van der Waals surface area contributed by atoms with Gasteiger partial charge in [0, 0.05) is 6.42 Å². The van der Waals surface area contributed by atoms with Crippen molar-refractivity contribution in [3.63, 3.8) is 0 Å². The SMILES string of the molecule is CCCCCCCC/C=C/C=C/C=C/CC1NC(=O)CNC(=O)[C@H](CCC(N)=O)NC(=O)C(O)C2OC(=O)CC2NC(=O)C1O. The van der Waals surface area contributed by atoms with Crippen molar-refractivity contribution in [2.75, 3.05) is 6.54 Å². The second-order valence-corrected chi connectivity index (χ2v) is 11.2. The van der Waals surface area contributed by atoms with Crippen molar-refractivity contribution in [3.05, 3.63) is 36.5 Å². The molecule has 0 aromatic rings. The summed E-state index contributed by atoms with van der Waals surface area (Å²) in [6.07, 6.45) is 13.1. The molecular formula is C31H47N5O9. The lowest BCUT2D eigenvalue weighted by molar-refractivity contribution is -0.151. The Morgan fingerprint density at radius 2 is 1.53 bits per heavy atom. The van der Waals surface area contributed by atoms with Crippen LogP contribution in [0.5, 0.6) is 0 Å². The fourth-order valence-corrected chi connectivity index (χ4v) is 4.87. The van der Waals surface area contributed by atoms with Gasteiger partial charge in [-0.2, -0.15) is 0 Å². The molecule has 0 aromatic carbocycles. The highest BCUT2D eigenvalue weighted by Crippen LogP contribution is 2.20. The standard InChI is InChI=1S/C31H47N5O9/c1-2-3-4-5-6-7-8-9-10-11-12-13-14-15-20-26(40)30(43)36-22-18-25(39)45-28(22)27(41)31(44)35-21(16-17-23(32)37)29(42)33-19-24(38)34-20/h9-14,20-22,26-28,40-41H,2-8,15-19H2,1H3,(H2,32,37)(H,33,42)(H,34,38)(H,35,44)(H,36,43)/b10-9+,12-11+,14-13+/t20?,21-,22?,26?,27?,28?/m0/s1. The Bertz CT molecular complexity index is 1120. The summed E-state index contributed by atoms with van der Waals surface area (Å²) in [6.45, 7) is 1.61. The zero-order valence-electron chi connectivity index (χ0n) is 25.7. The number of ether oxygens (including phenoxy) is 1. The second-order valence-electron chi connectivity index (χ2n) is 11.2. The summed E-state index contributed by atoms with van der Waals surface area (Å²) in [5, 5.41) is 31.0. The molecule has 2 aliphatic heterocycles. The second kappa shape index (κ2) is 20.1. The van der Waals surface area contributed by atoms with Gasteiger partial charge in [0.05, 0.1) is 25.0 Å². The molecule has 8 N–H and O–H groups in total. The van der Waals surface area contributed by atoms with Crippen LogP contribution >= 0.6 is 0 Å². The van der Waals surface area contributed by atoms with Crippen molar-refractivity contribution in [1.82, 2.24) is 21.3 Å². The number of amides is 5. The van der Waals surface area contributed by atoms with Crippen molar-refractivity contribution in [2.45, 2.75) is 114 Å². The van der Waals surface area contributed by atoms with Gasteiger partial charge in [-0.3, -0.25) is 28.8 Å². The first kappa shape index (κ1) is 37.1. The van der Waals surface area contributed by atoms with Crippen LogP contribution in [0.1, 0.15) is 77.6 Å². The van der Waals surface area contributed by atoms with E-state index in [-0.39, 0.29) is 19.3 Å². The van der Waals surface area contributed by atoms with Gasteiger partial charge in [-0.15, -0.1) is 0 Å². The van der Waals surface area contributed by atoms with E-state index < -0.39 is 84.9 Å². The third kappa shape index (κ3) is 13.6. The largest absolute Gasteiger partial charge is 0.457 e. The number of hydrogen-bond acceptors (Lipinski definition) is 9. The van der Waals surface area contributed by atoms with Gasteiger partial charge in [0.2, 0.25) is 17.7 Å². The van der Waals surface area contributed by atoms with Gasteiger partial charge in [-0.25, -0.2) is 0 Å². The molecule has 2 saturated heterocycles. The van der Waals surface area contributed by atoms with Gasteiger partial charge >= 0.3 is 5.97 Å². The number of esters is 1. The molecule has 5 unspecified atom stereocenters. The Labute approximate surface area is 263 Å². The molecule has 2 rings (SSSR count). The fraction of sp³-hybridized carbons (Fsp3) is 0.613. The van der Waals surface area contributed by atoms with E-state index in [0.717, 1.165) is 12.8 Å². The minimum Gasteiger partial charge on any atom is -0.457 e. The number of aliphatic hydroxyl groups is 2. The van der Waals surface area contributed by atoms with E-state index in [1.165, 1.54) is 32.1 Å². The third-order valence-electron chi connectivity index (χ3n) is 7.41. The van der Waals surface area contributed by atoms with E-state index in [9.17, 15) is 39.0 Å². The van der Waals surface area contributed by atoms with Crippen LogP contribution in [-0.2, 0) is 33.5 Å². The predicted octanol–water partition coefficient (Wildman–Crippen LogP) is -0.317. The number of unbranched alkanes of at least 4 members (excludes halogenated alkanes) is 6. The molecule has 14 heteroatoms. The molecule has 5 amide bonds. The van der Waals surface area contributed by atoms with Crippen molar-refractivity contribution < 1.29 is 43.7 Å². The van der Waals surface area contributed by atoms with E-state index >= 15 is 0 Å².